The molecule has 1 aliphatic heterocycles. The third-order valence-electron chi connectivity index (χ3n) is 2.96. The minimum Gasteiger partial charge on any atom is -0.454 e. The van der Waals surface area contributed by atoms with Crippen LogP contribution in [0.1, 0.15) is 17.2 Å². The summed E-state index contributed by atoms with van der Waals surface area (Å²) in [4.78, 5) is 0. The van der Waals surface area contributed by atoms with Crippen LogP contribution in [0.15, 0.2) is 36.4 Å². The fourth-order valence-corrected chi connectivity index (χ4v) is 2.21. The lowest BCUT2D eigenvalue weighted by molar-refractivity contribution is 0.173. The van der Waals surface area contributed by atoms with Crippen LogP contribution in [-0.2, 0) is 0 Å². The largest absolute Gasteiger partial charge is 0.454 e. The van der Waals surface area contributed by atoms with Crippen LogP contribution in [-0.4, -0.2) is 11.9 Å². The molecular weight excluding hydrogens is 271 g/mol. The van der Waals surface area contributed by atoms with E-state index in [9.17, 15) is 9.50 Å². The Bertz CT molecular complexity index is 630. The Labute approximate surface area is 114 Å². The molecule has 98 valence electrons. The molecule has 1 heterocycles. The van der Waals surface area contributed by atoms with E-state index >= 15 is 0 Å². The summed E-state index contributed by atoms with van der Waals surface area (Å²) in [6.07, 6.45) is -1.02. The Kier molecular flexibility index (Phi) is 3.05. The minimum atomic E-state index is -1.02. The molecule has 3 rings (SSSR count). The van der Waals surface area contributed by atoms with Crippen molar-refractivity contribution in [3.63, 3.8) is 0 Å². The first-order valence-electron chi connectivity index (χ1n) is 5.68. The molecule has 5 heteroatoms. The van der Waals surface area contributed by atoms with Crippen LogP contribution < -0.4 is 9.47 Å². The molecule has 2 aromatic rings. The first-order valence-corrected chi connectivity index (χ1v) is 6.05. The van der Waals surface area contributed by atoms with Crippen LogP contribution in [0.5, 0.6) is 11.5 Å². The van der Waals surface area contributed by atoms with E-state index in [0.717, 1.165) is 0 Å². The third kappa shape index (κ3) is 2.25. The van der Waals surface area contributed by atoms with Gasteiger partial charge in [0.05, 0.1) is 0 Å². The van der Waals surface area contributed by atoms with Crippen LogP contribution in [0.25, 0.3) is 0 Å². The van der Waals surface area contributed by atoms with Gasteiger partial charge in [0.2, 0.25) is 6.79 Å². The average Bonchev–Trinajstić information content (AvgIpc) is 2.88. The van der Waals surface area contributed by atoms with Crippen molar-refractivity contribution in [1.29, 1.82) is 0 Å². The quantitative estimate of drug-likeness (QED) is 0.917. The molecular formula is C14H10ClFO3. The molecule has 1 aliphatic rings. The first kappa shape index (κ1) is 12.3. The zero-order chi connectivity index (χ0) is 13.4. The number of benzene rings is 2. The van der Waals surface area contributed by atoms with Gasteiger partial charge in [-0.1, -0.05) is 17.7 Å². The van der Waals surface area contributed by atoms with Crippen molar-refractivity contribution < 1.29 is 19.0 Å². The van der Waals surface area contributed by atoms with Crippen molar-refractivity contribution in [2.24, 2.45) is 0 Å². The van der Waals surface area contributed by atoms with Crippen LogP contribution in [0.4, 0.5) is 4.39 Å². The fraction of sp³-hybridized carbons (Fsp3) is 0.143. The molecule has 3 nitrogen and oxygen atoms in total. The number of aliphatic hydroxyl groups is 1. The predicted octanol–water partition coefficient (Wildman–Crippen LogP) is 3.29. The van der Waals surface area contributed by atoms with E-state index in [1.54, 1.807) is 18.2 Å². The zero-order valence-corrected chi connectivity index (χ0v) is 10.5. The Morgan fingerprint density at radius 2 is 1.89 bits per heavy atom. The highest BCUT2D eigenvalue weighted by Gasteiger charge is 2.19. The minimum absolute atomic E-state index is 0.162. The van der Waals surface area contributed by atoms with E-state index in [1.807, 2.05) is 0 Å². The van der Waals surface area contributed by atoms with Gasteiger partial charge < -0.3 is 14.6 Å². The van der Waals surface area contributed by atoms with Gasteiger partial charge in [0, 0.05) is 10.6 Å². The lowest BCUT2D eigenvalue weighted by Crippen LogP contribution is -2.01. The molecule has 0 amide bonds. The van der Waals surface area contributed by atoms with Crippen molar-refractivity contribution >= 4 is 11.6 Å². The Morgan fingerprint density at radius 1 is 1.11 bits per heavy atom. The molecule has 0 spiro atoms. The van der Waals surface area contributed by atoms with Gasteiger partial charge >= 0.3 is 0 Å². The lowest BCUT2D eigenvalue weighted by atomic mass is 10.0. The molecule has 19 heavy (non-hydrogen) atoms. The van der Waals surface area contributed by atoms with Gasteiger partial charge in [-0.25, -0.2) is 4.39 Å². The van der Waals surface area contributed by atoms with Crippen LogP contribution in [0.2, 0.25) is 5.02 Å². The second kappa shape index (κ2) is 4.72. The molecule has 2 aromatic carbocycles. The maximum Gasteiger partial charge on any atom is 0.231 e. The summed E-state index contributed by atoms with van der Waals surface area (Å²) in [5.41, 5.74) is 0.886. The highest BCUT2D eigenvalue weighted by atomic mass is 35.5. The van der Waals surface area contributed by atoms with Crippen molar-refractivity contribution in [3.05, 3.63) is 58.4 Å². The van der Waals surface area contributed by atoms with Crippen molar-refractivity contribution in [3.8, 4) is 11.5 Å². The highest BCUT2D eigenvalue weighted by molar-refractivity contribution is 6.31. The topological polar surface area (TPSA) is 38.7 Å². The first-order chi connectivity index (χ1) is 9.15. The zero-order valence-electron chi connectivity index (χ0n) is 9.77. The third-order valence-corrected chi connectivity index (χ3v) is 3.31. The molecule has 1 atom stereocenters. The number of hydrogen-bond acceptors (Lipinski definition) is 3. The molecule has 1 unspecified atom stereocenters. The van der Waals surface area contributed by atoms with E-state index < -0.39 is 11.9 Å². The Morgan fingerprint density at radius 3 is 2.74 bits per heavy atom. The lowest BCUT2D eigenvalue weighted by Gasteiger charge is -2.13. The van der Waals surface area contributed by atoms with Crippen LogP contribution in [0.3, 0.4) is 0 Å². The number of hydrogen-bond donors (Lipinski definition) is 1. The molecule has 0 fully saturated rings. The summed E-state index contributed by atoms with van der Waals surface area (Å²) >= 11 is 5.98. The molecule has 0 aliphatic carbocycles. The van der Waals surface area contributed by atoms with E-state index in [4.69, 9.17) is 21.1 Å². The second-order valence-corrected chi connectivity index (χ2v) is 4.59. The summed E-state index contributed by atoms with van der Waals surface area (Å²) in [6, 6.07) is 8.94. The number of ether oxygens (including phenoxy) is 2. The number of fused-ring (bicyclic) bond motifs is 1. The van der Waals surface area contributed by atoms with Crippen LogP contribution >= 0.6 is 11.6 Å². The van der Waals surface area contributed by atoms with Gasteiger partial charge in [-0.3, -0.25) is 0 Å². The smallest absolute Gasteiger partial charge is 0.231 e. The second-order valence-electron chi connectivity index (χ2n) is 4.18. The van der Waals surface area contributed by atoms with Gasteiger partial charge in [-0.2, -0.15) is 0 Å². The monoisotopic (exact) mass is 280 g/mol. The molecule has 0 saturated carbocycles. The van der Waals surface area contributed by atoms with E-state index in [-0.39, 0.29) is 6.79 Å². The number of aliphatic hydroxyl groups excluding tert-OH is 1. The fourth-order valence-electron chi connectivity index (χ4n) is 1.99. The van der Waals surface area contributed by atoms with Gasteiger partial charge in [0.1, 0.15) is 11.9 Å². The molecule has 0 radical (unpaired) electrons. The van der Waals surface area contributed by atoms with E-state index in [1.165, 1.54) is 18.2 Å². The standard InChI is InChI=1S/C14H10ClFO3/c15-11-3-2-9(16)6-10(11)14(17)8-1-4-12-13(5-8)19-7-18-12/h1-6,14,17H,7H2. The maximum atomic E-state index is 13.2. The van der Waals surface area contributed by atoms with Crippen molar-refractivity contribution in [2.45, 2.75) is 6.10 Å². The molecule has 0 bridgehead atoms. The summed E-state index contributed by atoms with van der Waals surface area (Å²) in [6.45, 7) is 0.162. The summed E-state index contributed by atoms with van der Waals surface area (Å²) in [5.74, 6) is 0.740. The van der Waals surface area contributed by atoms with E-state index in [0.29, 0.717) is 27.6 Å². The molecule has 1 N–H and O–H groups in total. The van der Waals surface area contributed by atoms with Crippen molar-refractivity contribution in [2.75, 3.05) is 6.79 Å². The van der Waals surface area contributed by atoms with Gasteiger partial charge in [-0.15, -0.1) is 0 Å². The Balaban J connectivity index is 1.99. The Hall–Kier alpha value is -1.78. The average molecular weight is 281 g/mol. The normalized spacial score (nSPS) is 14.5. The van der Waals surface area contributed by atoms with Crippen LogP contribution in [0, 0.1) is 5.82 Å². The predicted molar refractivity (Wildman–Crippen MR) is 68.0 cm³/mol. The molecule has 0 saturated heterocycles. The number of rotatable bonds is 2. The summed E-state index contributed by atoms with van der Waals surface area (Å²) in [7, 11) is 0. The SMILES string of the molecule is OC(c1ccc2c(c1)OCO2)c1cc(F)ccc1Cl. The van der Waals surface area contributed by atoms with Gasteiger partial charge in [0.25, 0.3) is 0 Å². The van der Waals surface area contributed by atoms with Gasteiger partial charge in [-0.05, 0) is 35.9 Å². The summed E-state index contributed by atoms with van der Waals surface area (Å²) < 4.78 is 23.7. The van der Waals surface area contributed by atoms with E-state index in [2.05, 4.69) is 0 Å². The summed E-state index contributed by atoms with van der Waals surface area (Å²) in [5, 5.41) is 10.6. The maximum absolute atomic E-state index is 13.2. The van der Waals surface area contributed by atoms with Crippen molar-refractivity contribution in [1.82, 2.24) is 0 Å². The molecule has 0 aromatic heterocycles. The highest BCUT2D eigenvalue weighted by Crippen LogP contribution is 2.36. The number of halogens is 2. The van der Waals surface area contributed by atoms with Gasteiger partial charge in [0.15, 0.2) is 11.5 Å².